The van der Waals surface area contributed by atoms with Gasteiger partial charge in [-0.15, -0.1) is 0 Å². The molecular formula is C13H7Br2ClN2O3. The van der Waals surface area contributed by atoms with E-state index in [4.69, 9.17) is 11.6 Å². The molecule has 0 aliphatic carbocycles. The van der Waals surface area contributed by atoms with Crippen LogP contribution >= 0.6 is 43.5 Å². The molecule has 0 atom stereocenters. The summed E-state index contributed by atoms with van der Waals surface area (Å²) < 4.78 is 1.01. The van der Waals surface area contributed by atoms with Gasteiger partial charge in [0.05, 0.1) is 20.0 Å². The fraction of sp³-hybridized carbons (Fsp3) is 0. The molecule has 0 saturated carbocycles. The van der Waals surface area contributed by atoms with Crippen molar-refractivity contribution in [3.8, 4) is 0 Å². The van der Waals surface area contributed by atoms with E-state index >= 15 is 0 Å². The summed E-state index contributed by atoms with van der Waals surface area (Å²) in [6.45, 7) is 0. The molecule has 8 heteroatoms. The van der Waals surface area contributed by atoms with Gasteiger partial charge < -0.3 is 5.32 Å². The monoisotopic (exact) mass is 432 g/mol. The zero-order chi connectivity index (χ0) is 15.6. The zero-order valence-corrected chi connectivity index (χ0v) is 14.2. The lowest BCUT2D eigenvalue weighted by Gasteiger charge is -2.08. The second kappa shape index (κ2) is 6.55. The number of nitrogens with zero attached hydrogens (tertiary/aromatic N) is 1. The lowest BCUT2D eigenvalue weighted by molar-refractivity contribution is -0.385. The maximum absolute atomic E-state index is 12.2. The molecule has 0 heterocycles. The molecule has 108 valence electrons. The Morgan fingerprint density at radius 3 is 2.52 bits per heavy atom. The first kappa shape index (κ1) is 15.9. The Balaban J connectivity index is 2.26. The minimum Gasteiger partial charge on any atom is -0.322 e. The van der Waals surface area contributed by atoms with Crippen LogP contribution in [0.15, 0.2) is 45.3 Å². The van der Waals surface area contributed by atoms with Gasteiger partial charge in [0, 0.05) is 16.2 Å². The average Bonchev–Trinajstić information content (AvgIpc) is 2.41. The van der Waals surface area contributed by atoms with Gasteiger partial charge in [-0.3, -0.25) is 14.9 Å². The standard InChI is InChI=1S/C13H7Br2ClN2O3/c14-7-1-3-11(16)9(5-7)13(19)17-8-2-4-12(18(20)21)10(15)6-8/h1-6H,(H,17,19). The van der Waals surface area contributed by atoms with Gasteiger partial charge in [0.2, 0.25) is 0 Å². The molecule has 0 bridgehead atoms. The normalized spacial score (nSPS) is 10.2. The maximum atomic E-state index is 12.2. The summed E-state index contributed by atoms with van der Waals surface area (Å²) in [4.78, 5) is 22.4. The summed E-state index contributed by atoms with van der Waals surface area (Å²) >= 11 is 12.3. The van der Waals surface area contributed by atoms with E-state index < -0.39 is 10.8 Å². The van der Waals surface area contributed by atoms with Crippen LogP contribution in [0.4, 0.5) is 11.4 Å². The van der Waals surface area contributed by atoms with Crippen molar-refractivity contribution >= 4 is 60.7 Å². The topological polar surface area (TPSA) is 72.2 Å². The highest BCUT2D eigenvalue weighted by atomic mass is 79.9. The van der Waals surface area contributed by atoms with Crippen molar-refractivity contribution in [1.82, 2.24) is 0 Å². The largest absolute Gasteiger partial charge is 0.322 e. The van der Waals surface area contributed by atoms with Crippen molar-refractivity contribution in [2.75, 3.05) is 5.32 Å². The van der Waals surface area contributed by atoms with E-state index in [1.807, 2.05) is 0 Å². The first-order valence-corrected chi connectivity index (χ1v) is 7.55. The number of hydrogen-bond donors (Lipinski definition) is 1. The number of rotatable bonds is 3. The number of benzene rings is 2. The predicted octanol–water partition coefficient (Wildman–Crippen LogP) is 5.03. The van der Waals surface area contributed by atoms with Crippen molar-refractivity contribution < 1.29 is 9.72 Å². The number of hydrogen-bond acceptors (Lipinski definition) is 3. The molecule has 5 nitrogen and oxygen atoms in total. The molecule has 0 saturated heterocycles. The number of nitrogens with one attached hydrogen (secondary N) is 1. The molecule has 0 radical (unpaired) electrons. The van der Waals surface area contributed by atoms with Gasteiger partial charge in [-0.05, 0) is 46.3 Å². The van der Waals surface area contributed by atoms with E-state index in [2.05, 4.69) is 37.2 Å². The van der Waals surface area contributed by atoms with Crippen molar-refractivity contribution in [3.63, 3.8) is 0 Å². The Kier molecular flexibility index (Phi) is 4.97. The Morgan fingerprint density at radius 1 is 1.19 bits per heavy atom. The van der Waals surface area contributed by atoms with Crippen LogP contribution in [0.2, 0.25) is 5.02 Å². The van der Waals surface area contributed by atoms with Crippen LogP contribution in [0.5, 0.6) is 0 Å². The van der Waals surface area contributed by atoms with E-state index in [0.29, 0.717) is 16.3 Å². The number of anilines is 1. The Bertz CT molecular complexity index is 737. The Labute approximate surface area is 141 Å². The molecule has 0 fully saturated rings. The van der Waals surface area contributed by atoms with E-state index in [1.165, 1.54) is 18.2 Å². The van der Waals surface area contributed by atoms with Crippen LogP contribution < -0.4 is 5.32 Å². The van der Waals surface area contributed by atoms with Gasteiger partial charge in [0.15, 0.2) is 0 Å². The summed E-state index contributed by atoms with van der Waals surface area (Å²) in [5.41, 5.74) is 0.655. The minimum absolute atomic E-state index is 0.0755. The van der Waals surface area contributed by atoms with Crippen LogP contribution in [0.1, 0.15) is 10.4 Å². The number of carbonyl (C=O) groups excluding carboxylic acids is 1. The highest BCUT2D eigenvalue weighted by Crippen LogP contribution is 2.28. The molecule has 1 N–H and O–H groups in total. The third-order valence-corrected chi connectivity index (χ3v) is 4.03. The van der Waals surface area contributed by atoms with Gasteiger partial charge in [-0.1, -0.05) is 27.5 Å². The highest BCUT2D eigenvalue weighted by molar-refractivity contribution is 9.10. The lowest BCUT2D eigenvalue weighted by atomic mass is 10.2. The quantitative estimate of drug-likeness (QED) is 0.544. The van der Waals surface area contributed by atoms with Crippen LogP contribution in [-0.2, 0) is 0 Å². The van der Waals surface area contributed by atoms with E-state index in [1.54, 1.807) is 18.2 Å². The summed E-state index contributed by atoms with van der Waals surface area (Å²) in [5.74, 6) is -0.401. The number of amides is 1. The van der Waals surface area contributed by atoms with Crippen molar-refractivity contribution in [3.05, 3.63) is 66.0 Å². The molecule has 0 spiro atoms. The minimum atomic E-state index is -0.513. The van der Waals surface area contributed by atoms with Crippen molar-refractivity contribution in [1.29, 1.82) is 0 Å². The van der Waals surface area contributed by atoms with Gasteiger partial charge in [-0.2, -0.15) is 0 Å². The SMILES string of the molecule is O=C(Nc1ccc([N+](=O)[O-])c(Br)c1)c1cc(Br)ccc1Cl. The van der Waals surface area contributed by atoms with Crippen LogP contribution in [0.25, 0.3) is 0 Å². The van der Waals surface area contributed by atoms with Gasteiger partial charge in [-0.25, -0.2) is 0 Å². The summed E-state index contributed by atoms with van der Waals surface area (Å²) in [7, 11) is 0. The molecule has 0 aliphatic rings. The Hall–Kier alpha value is -1.44. The van der Waals surface area contributed by atoms with Crippen LogP contribution in [0.3, 0.4) is 0 Å². The molecule has 2 aromatic rings. The maximum Gasteiger partial charge on any atom is 0.283 e. The number of halogens is 3. The number of nitro groups is 1. The first-order chi connectivity index (χ1) is 9.88. The third-order valence-electron chi connectivity index (χ3n) is 2.58. The highest BCUT2D eigenvalue weighted by Gasteiger charge is 2.15. The van der Waals surface area contributed by atoms with E-state index in [-0.39, 0.29) is 10.2 Å². The summed E-state index contributed by atoms with van der Waals surface area (Å²) in [6.07, 6.45) is 0. The molecule has 2 rings (SSSR count). The Morgan fingerprint density at radius 2 is 1.90 bits per heavy atom. The molecular weight excluding hydrogens is 427 g/mol. The lowest BCUT2D eigenvalue weighted by Crippen LogP contribution is -2.12. The smallest absolute Gasteiger partial charge is 0.283 e. The average molecular weight is 434 g/mol. The molecule has 21 heavy (non-hydrogen) atoms. The molecule has 0 aliphatic heterocycles. The molecule has 0 aromatic heterocycles. The van der Waals surface area contributed by atoms with Crippen molar-refractivity contribution in [2.24, 2.45) is 0 Å². The molecule has 0 unspecified atom stereocenters. The van der Waals surface area contributed by atoms with E-state index in [0.717, 1.165) is 4.47 Å². The predicted molar refractivity (Wildman–Crippen MR) is 87.9 cm³/mol. The summed E-state index contributed by atoms with van der Waals surface area (Å²) in [5, 5.41) is 13.7. The number of nitro benzene ring substituents is 1. The second-order valence-electron chi connectivity index (χ2n) is 4.00. The second-order valence-corrected chi connectivity index (χ2v) is 6.18. The first-order valence-electron chi connectivity index (χ1n) is 5.59. The fourth-order valence-corrected chi connectivity index (χ4v) is 2.69. The summed E-state index contributed by atoms with van der Waals surface area (Å²) in [6, 6.07) is 9.14. The molecule has 2 aromatic carbocycles. The van der Waals surface area contributed by atoms with Crippen LogP contribution in [-0.4, -0.2) is 10.8 Å². The van der Waals surface area contributed by atoms with Gasteiger partial charge >= 0.3 is 0 Å². The zero-order valence-electron chi connectivity index (χ0n) is 10.3. The van der Waals surface area contributed by atoms with Gasteiger partial charge in [0.1, 0.15) is 0 Å². The van der Waals surface area contributed by atoms with Crippen LogP contribution in [0, 0.1) is 10.1 Å². The molecule has 1 amide bonds. The number of carbonyl (C=O) groups is 1. The fourth-order valence-electron chi connectivity index (χ4n) is 1.60. The van der Waals surface area contributed by atoms with E-state index in [9.17, 15) is 14.9 Å². The van der Waals surface area contributed by atoms with Crippen molar-refractivity contribution in [2.45, 2.75) is 0 Å². The third kappa shape index (κ3) is 3.81. The van der Waals surface area contributed by atoms with Gasteiger partial charge in [0.25, 0.3) is 11.6 Å².